The van der Waals surface area contributed by atoms with Gasteiger partial charge in [0.1, 0.15) is 0 Å². The maximum absolute atomic E-state index is 12.1. The van der Waals surface area contributed by atoms with E-state index in [2.05, 4.69) is 10.3 Å². The molecule has 0 aromatic heterocycles. The van der Waals surface area contributed by atoms with Gasteiger partial charge in [-0.3, -0.25) is 4.79 Å². The molecule has 1 aromatic carbocycles. The molecule has 0 bridgehead atoms. The first-order valence-corrected chi connectivity index (χ1v) is 7.10. The fourth-order valence-corrected chi connectivity index (χ4v) is 2.88. The van der Waals surface area contributed by atoms with Crippen molar-refractivity contribution in [1.29, 1.82) is 0 Å². The van der Waals surface area contributed by atoms with Crippen molar-refractivity contribution in [2.75, 3.05) is 6.54 Å². The Hall–Kier alpha value is -1.20. The number of thiocarbonyl (C=S) groups is 1. The number of aliphatic imine (C=N–C) groups is 1. The number of carbonyl (C=O) groups excluding carboxylic acids is 1. The van der Waals surface area contributed by atoms with Gasteiger partial charge in [0.05, 0.1) is 5.92 Å². The van der Waals surface area contributed by atoms with Gasteiger partial charge in [0.2, 0.25) is 0 Å². The summed E-state index contributed by atoms with van der Waals surface area (Å²) in [5.41, 5.74) is 1.97. The molecule has 0 radical (unpaired) electrons. The average molecular weight is 278 g/mol. The van der Waals surface area contributed by atoms with Crippen LogP contribution in [0.25, 0.3) is 0 Å². The molecular weight excluding hydrogens is 264 g/mol. The van der Waals surface area contributed by atoms with Crippen molar-refractivity contribution < 1.29 is 4.79 Å². The summed E-state index contributed by atoms with van der Waals surface area (Å²) in [5.74, 6) is 0.541. The normalized spacial score (nSPS) is 19.1. The van der Waals surface area contributed by atoms with Crippen molar-refractivity contribution in [2.24, 2.45) is 10.9 Å². The Kier molecular flexibility index (Phi) is 4.49. The molecule has 1 N–H and O–H groups in total. The van der Waals surface area contributed by atoms with E-state index in [-0.39, 0.29) is 11.0 Å². The zero-order valence-electron chi connectivity index (χ0n) is 10.1. The first kappa shape index (κ1) is 13.2. The standard InChI is InChI=1S/C13H14N2OS2/c1-9-11(7-14-13(17)15-9)12(16)18-8-10-5-3-2-4-6-10/h2-6,11H,7-8H2,1H3,(H,14,17). The van der Waals surface area contributed by atoms with Crippen molar-refractivity contribution in [2.45, 2.75) is 12.7 Å². The van der Waals surface area contributed by atoms with Gasteiger partial charge >= 0.3 is 0 Å². The van der Waals surface area contributed by atoms with E-state index in [0.717, 1.165) is 11.3 Å². The predicted molar refractivity (Wildman–Crippen MR) is 79.9 cm³/mol. The van der Waals surface area contributed by atoms with Gasteiger partial charge in [-0.2, -0.15) is 0 Å². The molecular formula is C13H14N2OS2. The Labute approximate surface area is 116 Å². The highest BCUT2D eigenvalue weighted by atomic mass is 32.2. The lowest BCUT2D eigenvalue weighted by molar-refractivity contribution is -0.112. The minimum Gasteiger partial charge on any atom is -0.360 e. The molecule has 1 aliphatic rings. The average Bonchev–Trinajstić information content (AvgIpc) is 2.37. The molecule has 0 fully saturated rings. The van der Waals surface area contributed by atoms with Gasteiger partial charge < -0.3 is 5.32 Å². The third kappa shape index (κ3) is 3.40. The second kappa shape index (κ2) is 6.11. The first-order chi connectivity index (χ1) is 8.66. The van der Waals surface area contributed by atoms with Crippen LogP contribution in [0.15, 0.2) is 35.3 Å². The molecule has 1 atom stereocenters. The van der Waals surface area contributed by atoms with Crippen LogP contribution in [-0.4, -0.2) is 22.5 Å². The highest BCUT2D eigenvalue weighted by Gasteiger charge is 2.25. The van der Waals surface area contributed by atoms with E-state index in [1.165, 1.54) is 11.8 Å². The van der Waals surface area contributed by atoms with E-state index < -0.39 is 0 Å². The van der Waals surface area contributed by atoms with Gasteiger partial charge in [-0.05, 0) is 24.7 Å². The number of hydrogen-bond donors (Lipinski definition) is 1. The van der Waals surface area contributed by atoms with Crippen LogP contribution in [0.3, 0.4) is 0 Å². The Morgan fingerprint density at radius 3 is 2.89 bits per heavy atom. The lowest BCUT2D eigenvalue weighted by Crippen LogP contribution is -2.39. The van der Waals surface area contributed by atoms with Crippen LogP contribution in [0.5, 0.6) is 0 Å². The number of nitrogens with zero attached hydrogens (tertiary/aromatic N) is 1. The molecule has 3 nitrogen and oxygen atoms in total. The SMILES string of the molecule is CC1=NC(=S)NCC1C(=O)SCc1ccccc1. The maximum atomic E-state index is 12.1. The molecule has 1 aromatic rings. The molecule has 0 spiro atoms. The van der Waals surface area contributed by atoms with E-state index in [9.17, 15) is 4.79 Å². The predicted octanol–water partition coefficient (Wildman–Crippen LogP) is 2.41. The monoisotopic (exact) mass is 278 g/mol. The Morgan fingerprint density at radius 1 is 1.50 bits per heavy atom. The largest absolute Gasteiger partial charge is 0.360 e. The third-order valence-electron chi connectivity index (χ3n) is 2.75. The smallest absolute Gasteiger partial charge is 0.199 e. The molecule has 0 amide bonds. The molecule has 1 heterocycles. The molecule has 2 rings (SSSR count). The molecule has 0 aliphatic carbocycles. The van der Waals surface area contributed by atoms with Gasteiger partial charge in [0.15, 0.2) is 10.2 Å². The van der Waals surface area contributed by atoms with Gasteiger partial charge in [-0.15, -0.1) is 0 Å². The van der Waals surface area contributed by atoms with Crippen molar-refractivity contribution >= 4 is 39.9 Å². The van der Waals surface area contributed by atoms with Crippen LogP contribution in [0.4, 0.5) is 0 Å². The summed E-state index contributed by atoms with van der Waals surface area (Å²) >= 11 is 6.28. The first-order valence-electron chi connectivity index (χ1n) is 5.70. The summed E-state index contributed by atoms with van der Waals surface area (Å²) in [6.07, 6.45) is 0. The molecule has 1 aliphatic heterocycles. The zero-order valence-corrected chi connectivity index (χ0v) is 11.7. The molecule has 0 saturated heterocycles. The lowest BCUT2D eigenvalue weighted by Gasteiger charge is -2.20. The highest BCUT2D eigenvalue weighted by Crippen LogP contribution is 2.19. The molecule has 94 valence electrons. The summed E-state index contributed by atoms with van der Waals surface area (Å²) < 4.78 is 0. The fourth-order valence-electron chi connectivity index (χ4n) is 1.70. The maximum Gasteiger partial charge on any atom is 0.199 e. The van der Waals surface area contributed by atoms with Crippen LogP contribution in [0.2, 0.25) is 0 Å². The van der Waals surface area contributed by atoms with E-state index in [1.807, 2.05) is 37.3 Å². The van der Waals surface area contributed by atoms with Crippen molar-refractivity contribution in [3.63, 3.8) is 0 Å². The zero-order chi connectivity index (χ0) is 13.0. The minimum absolute atomic E-state index is 0.148. The van der Waals surface area contributed by atoms with Crippen LogP contribution >= 0.6 is 24.0 Å². The summed E-state index contributed by atoms with van der Waals surface area (Å²) in [6, 6.07) is 9.98. The van der Waals surface area contributed by atoms with Crippen LogP contribution in [-0.2, 0) is 10.5 Å². The Balaban J connectivity index is 1.93. The van der Waals surface area contributed by atoms with Crippen LogP contribution in [0, 0.1) is 5.92 Å². The van der Waals surface area contributed by atoms with Gasteiger partial charge in [0, 0.05) is 18.0 Å². The Bertz CT molecular complexity index is 485. The van der Waals surface area contributed by atoms with Gasteiger partial charge in [-0.1, -0.05) is 42.1 Å². The fraction of sp³-hybridized carbons (Fsp3) is 0.308. The second-order valence-electron chi connectivity index (χ2n) is 4.09. The van der Waals surface area contributed by atoms with Crippen molar-refractivity contribution in [1.82, 2.24) is 5.32 Å². The Morgan fingerprint density at radius 2 is 2.22 bits per heavy atom. The lowest BCUT2D eigenvalue weighted by atomic mass is 10.1. The minimum atomic E-state index is -0.162. The van der Waals surface area contributed by atoms with Crippen molar-refractivity contribution in [3.8, 4) is 0 Å². The second-order valence-corrected chi connectivity index (χ2v) is 5.45. The van der Waals surface area contributed by atoms with E-state index in [4.69, 9.17) is 12.2 Å². The van der Waals surface area contributed by atoms with E-state index in [1.54, 1.807) is 0 Å². The topological polar surface area (TPSA) is 41.5 Å². The number of benzene rings is 1. The summed E-state index contributed by atoms with van der Waals surface area (Å²) in [7, 11) is 0. The van der Waals surface area contributed by atoms with E-state index in [0.29, 0.717) is 17.4 Å². The summed E-state index contributed by atoms with van der Waals surface area (Å²) in [4.78, 5) is 16.2. The molecule has 5 heteroatoms. The quantitative estimate of drug-likeness (QED) is 0.862. The number of rotatable bonds is 3. The van der Waals surface area contributed by atoms with Gasteiger partial charge in [0.25, 0.3) is 0 Å². The number of carbonyl (C=O) groups is 1. The summed E-state index contributed by atoms with van der Waals surface area (Å²) in [5, 5.41) is 3.58. The number of nitrogens with one attached hydrogen (secondary N) is 1. The third-order valence-corrected chi connectivity index (χ3v) is 4.03. The van der Waals surface area contributed by atoms with Crippen LogP contribution in [0.1, 0.15) is 12.5 Å². The van der Waals surface area contributed by atoms with E-state index >= 15 is 0 Å². The van der Waals surface area contributed by atoms with Gasteiger partial charge in [-0.25, -0.2) is 4.99 Å². The molecule has 0 saturated carbocycles. The van der Waals surface area contributed by atoms with Crippen LogP contribution < -0.4 is 5.32 Å². The van der Waals surface area contributed by atoms with Crippen molar-refractivity contribution in [3.05, 3.63) is 35.9 Å². The summed E-state index contributed by atoms with van der Waals surface area (Å²) in [6.45, 7) is 2.42. The number of thioether (sulfide) groups is 1. The number of hydrogen-bond acceptors (Lipinski definition) is 3. The molecule has 18 heavy (non-hydrogen) atoms. The molecule has 1 unspecified atom stereocenters. The highest BCUT2D eigenvalue weighted by molar-refractivity contribution is 8.13.